The molecular formula is C51H100NO7P. The van der Waals surface area contributed by atoms with Crippen LogP contribution in [0.5, 0.6) is 0 Å². The van der Waals surface area contributed by atoms with Crippen molar-refractivity contribution in [1.82, 2.24) is 0 Å². The van der Waals surface area contributed by atoms with Crippen molar-refractivity contribution in [2.24, 2.45) is 0 Å². The minimum atomic E-state index is -4.53. The van der Waals surface area contributed by atoms with E-state index in [2.05, 4.69) is 38.2 Å². The van der Waals surface area contributed by atoms with Gasteiger partial charge < -0.3 is 27.9 Å². The molecular weight excluding hydrogens is 770 g/mol. The average Bonchev–Trinajstić information content (AvgIpc) is 3.20. The number of hydrogen-bond acceptors (Lipinski definition) is 7. The predicted molar refractivity (Wildman–Crippen MR) is 254 cm³/mol. The second-order valence-corrected chi connectivity index (χ2v) is 19.9. The molecule has 0 aromatic heterocycles. The molecule has 0 rings (SSSR count). The Balaban J connectivity index is 4.07. The Hall–Kier alpha value is -1.02. The maximum Gasteiger partial charge on any atom is 0.306 e. The van der Waals surface area contributed by atoms with Crippen LogP contribution in [0.15, 0.2) is 24.3 Å². The number of nitrogens with zero attached hydrogens (tertiary/aromatic N) is 1. The highest BCUT2D eigenvalue weighted by Crippen LogP contribution is 2.38. The number of unbranched alkanes of at least 4 members (excludes halogenated alkanes) is 30. The number of likely N-dealkylation sites (N-methyl/N-ethyl adjacent to an activating group) is 1. The molecule has 0 saturated carbocycles. The highest BCUT2D eigenvalue weighted by atomic mass is 31.2. The van der Waals surface area contributed by atoms with Crippen LogP contribution in [0.2, 0.25) is 0 Å². The molecule has 2 unspecified atom stereocenters. The number of phosphoric acid groups is 1. The van der Waals surface area contributed by atoms with Gasteiger partial charge in [-0.2, -0.15) is 0 Å². The molecule has 356 valence electrons. The molecule has 0 heterocycles. The van der Waals surface area contributed by atoms with Gasteiger partial charge in [0.1, 0.15) is 19.3 Å². The first-order chi connectivity index (χ1) is 29.1. The normalized spacial score (nSPS) is 13.8. The van der Waals surface area contributed by atoms with Gasteiger partial charge in [0.05, 0.1) is 34.4 Å². The van der Waals surface area contributed by atoms with Gasteiger partial charge in [0, 0.05) is 13.0 Å². The fraction of sp³-hybridized carbons (Fsp3) is 0.902. The SMILES string of the molecule is CCCCCCC/C=C\CCCCCCCC(=O)OC(COCCCCCCCCCCCCCC/C=C\CCCCCCCCCC)COP(=O)([O-])OCC[N+](C)(C)C. The standard InChI is InChI=1S/C51H100NO7P/c1-6-8-10-12-14-16-18-20-22-23-24-25-26-27-28-29-30-31-33-35-37-39-41-43-46-56-48-50(49-58-60(54,55)57-47-45-52(3,4)5)59-51(53)44-42-40-38-36-34-32-21-19-17-15-13-11-9-7-2/h19,21,23-24,50H,6-18,20,22,25-49H2,1-5H3/b21-19-,24-23-. The number of hydrogen-bond donors (Lipinski definition) is 0. The molecule has 0 aliphatic rings. The predicted octanol–water partition coefficient (Wildman–Crippen LogP) is 14.9. The minimum absolute atomic E-state index is 0.0262. The van der Waals surface area contributed by atoms with E-state index in [1.807, 2.05) is 21.1 Å². The molecule has 60 heavy (non-hydrogen) atoms. The van der Waals surface area contributed by atoms with Crippen molar-refractivity contribution in [1.29, 1.82) is 0 Å². The molecule has 0 aliphatic carbocycles. The van der Waals surface area contributed by atoms with E-state index in [4.69, 9.17) is 18.5 Å². The number of carbonyl (C=O) groups excluding carboxylic acids is 1. The minimum Gasteiger partial charge on any atom is -0.756 e. The van der Waals surface area contributed by atoms with Crippen LogP contribution < -0.4 is 4.89 Å². The molecule has 0 aromatic carbocycles. The Morgan fingerprint density at radius 3 is 1.27 bits per heavy atom. The average molecular weight is 870 g/mol. The van der Waals surface area contributed by atoms with Crippen molar-refractivity contribution in [2.45, 2.75) is 245 Å². The van der Waals surface area contributed by atoms with E-state index in [1.54, 1.807) is 0 Å². The Bertz CT molecular complexity index is 1010. The second-order valence-electron chi connectivity index (χ2n) is 18.5. The summed E-state index contributed by atoms with van der Waals surface area (Å²) in [6, 6.07) is 0. The third kappa shape index (κ3) is 48.0. The number of quaternary nitrogens is 1. The molecule has 0 spiro atoms. The summed E-state index contributed by atoms with van der Waals surface area (Å²) < 4.78 is 34.7. The first-order valence-corrected chi connectivity index (χ1v) is 27.0. The summed E-state index contributed by atoms with van der Waals surface area (Å²) in [5.74, 6) is -0.340. The molecule has 0 saturated heterocycles. The zero-order valence-electron chi connectivity index (χ0n) is 40.4. The highest BCUT2D eigenvalue weighted by Gasteiger charge is 2.20. The fourth-order valence-electron chi connectivity index (χ4n) is 7.24. The monoisotopic (exact) mass is 870 g/mol. The topological polar surface area (TPSA) is 94.1 Å². The summed E-state index contributed by atoms with van der Waals surface area (Å²) in [5.41, 5.74) is 0. The van der Waals surface area contributed by atoms with E-state index in [0.29, 0.717) is 24.1 Å². The van der Waals surface area contributed by atoms with Crippen molar-refractivity contribution in [3.63, 3.8) is 0 Å². The lowest BCUT2D eigenvalue weighted by molar-refractivity contribution is -0.870. The van der Waals surface area contributed by atoms with E-state index in [0.717, 1.165) is 44.9 Å². The van der Waals surface area contributed by atoms with Gasteiger partial charge >= 0.3 is 5.97 Å². The molecule has 2 atom stereocenters. The summed E-state index contributed by atoms with van der Waals surface area (Å²) in [6.07, 6.45) is 52.0. The third-order valence-corrected chi connectivity index (χ3v) is 12.2. The number of esters is 1. The van der Waals surface area contributed by atoms with Crippen LogP contribution in [-0.4, -0.2) is 70.7 Å². The van der Waals surface area contributed by atoms with Crippen LogP contribution in [0.25, 0.3) is 0 Å². The smallest absolute Gasteiger partial charge is 0.306 e. The van der Waals surface area contributed by atoms with Crippen molar-refractivity contribution in [2.75, 3.05) is 54.1 Å². The molecule has 0 fully saturated rings. The van der Waals surface area contributed by atoms with Crippen molar-refractivity contribution >= 4 is 13.8 Å². The highest BCUT2D eigenvalue weighted by molar-refractivity contribution is 7.45. The largest absolute Gasteiger partial charge is 0.756 e. The lowest BCUT2D eigenvalue weighted by Crippen LogP contribution is -2.37. The molecule has 0 aliphatic heterocycles. The summed E-state index contributed by atoms with van der Waals surface area (Å²) in [6.45, 7) is 5.43. The van der Waals surface area contributed by atoms with Crippen molar-refractivity contribution in [3.8, 4) is 0 Å². The van der Waals surface area contributed by atoms with E-state index < -0.39 is 13.9 Å². The lowest BCUT2D eigenvalue weighted by Gasteiger charge is -2.28. The Morgan fingerprint density at radius 1 is 0.500 bits per heavy atom. The fourth-order valence-corrected chi connectivity index (χ4v) is 7.97. The van der Waals surface area contributed by atoms with Gasteiger partial charge in [-0.25, -0.2) is 0 Å². The Labute approximate surface area is 373 Å². The van der Waals surface area contributed by atoms with Gasteiger partial charge in [-0.1, -0.05) is 192 Å². The maximum atomic E-state index is 12.7. The van der Waals surface area contributed by atoms with E-state index >= 15 is 0 Å². The summed E-state index contributed by atoms with van der Waals surface area (Å²) in [7, 11) is 1.36. The van der Waals surface area contributed by atoms with Gasteiger partial charge in [-0.05, 0) is 64.2 Å². The maximum absolute atomic E-state index is 12.7. The number of allylic oxidation sites excluding steroid dienone is 4. The van der Waals surface area contributed by atoms with E-state index in [-0.39, 0.29) is 25.8 Å². The lowest BCUT2D eigenvalue weighted by atomic mass is 10.0. The number of rotatable bonds is 48. The number of ether oxygens (including phenoxy) is 2. The van der Waals surface area contributed by atoms with Crippen molar-refractivity contribution in [3.05, 3.63) is 24.3 Å². The first-order valence-electron chi connectivity index (χ1n) is 25.6. The molecule has 0 amide bonds. The van der Waals surface area contributed by atoms with Crippen LogP contribution in [0, 0.1) is 0 Å². The molecule has 8 nitrogen and oxygen atoms in total. The van der Waals surface area contributed by atoms with Crippen LogP contribution in [0.4, 0.5) is 0 Å². The molecule has 0 radical (unpaired) electrons. The number of carbonyl (C=O) groups is 1. The van der Waals surface area contributed by atoms with Crippen LogP contribution in [-0.2, 0) is 27.9 Å². The first kappa shape index (κ1) is 59.0. The van der Waals surface area contributed by atoms with E-state index in [9.17, 15) is 14.3 Å². The van der Waals surface area contributed by atoms with Crippen LogP contribution in [0.1, 0.15) is 239 Å². The van der Waals surface area contributed by atoms with Gasteiger partial charge in [-0.3, -0.25) is 9.36 Å². The van der Waals surface area contributed by atoms with Crippen LogP contribution in [0.3, 0.4) is 0 Å². The number of phosphoric ester groups is 1. The summed E-state index contributed by atoms with van der Waals surface area (Å²) in [4.78, 5) is 25.1. The second kappa shape index (κ2) is 44.6. The zero-order chi connectivity index (χ0) is 44.1. The van der Waals surface area contributed by atoms with Gasteiger partial charge in [0.2, 0.25) is 0 Å². The molecule has 9 heteroatoms. The molecule has 0 aromatic rings. The van der Waals surface area contributed by atoms with Gasteiger partial charge in [0.15, 0.2) is 0 Å². The van der Waals surface area contributed by atoms with Gasteiger partial charge in [-0.15, -0.1) is 0 Å². The summed E-state index contributed by atoms with van der Waals surface area (Å²) >= 11 is 0. The van der Waals surface area contributed by atoms with Crippen LogP contribution >= 0.6 is 7.82 Å². The quantitative estimate of drug-likeness (QED) is 0.0198. The molecule has 0 N–H and O–H groups in total. The van der Waals surface area contributed by atoms with E-state index in [1.165, 1.54) is 173 Å². The van der Waals surface area contributed by atoms with Crippen molar-refractivity contribution < 1.29 is 37.3 Å². The summed E-state index contributed by atoms with van der Waals surface area (Å²) in [5, 5.41) is 0. The molecule has 0 bridgehead atoms. The van der Waals surface area contributed by atoms with Gasteiger partial charge in [0.25, 0.3) is 7.82 Å². The zero-order valence-corrected chi connectivity index (χ0v) is 41.3. The Morgan fingerprint density at radius 2 is 0.867 bits per heavy atom. The third-order valence-electron chi connectivity index (χ3n) is 11.2. The Kier molecular flexibility index (Phi) is 43.8.